The molecule has 0 aromatic heterocycles. The number of carbonyl (C=O) groups excluding carboxylic acids is 4. The van der Waals surface area contributed by atoms with E-state index in [2.05, 4.69) is 5.32 Å². The van der Waals surface area contributed by atoms with Crippen LogP contribution in [0.5, 0.6) is 5.75 Å². The monoisotopic (exact) mass is 468 g/mol. The van der Waals surface area contributed by atoms with Crippen molar-refractivity contribution >= 4 is 23.9 Å². The molecular weight excluding hydrogens is 440 g/mol. The zero-order valence-corrected chi connectivity index (χ0v) is 19.4. The van der Waals surface area contributed by atoms with Crippen LogP contribution >= 0.6 is 0 Å². The molecule has 0 spiro atoms. The quantitative estimate of drug-likeness (QED) is 0.592. The molecule has 1 fully saturated rings. The smallest absolute Gasteiger partial charge is 0.408 e. The SMILES string of the molecule is CC(C)(C)OC(=O)NC(Cc1ccc(OCc2ccccc2)cc1)C(=O)ON1C(=O)CCC1=O. The van der Waals surface area contributed by atoms with Gasteiger partial charge in [0.15, 0.2) is 0 Å². The maximum Gasteiger partial charge on any atom is 0.408 e. The lowest BCUT2D eigenvalue weighted by Gasteiger charge is -2.24. The summed E-state index contributed by atoms with van der Waals surface area (Å²) in [6.07, 6.45) is -0.828. The second kappa shape index (κ2) is 10.8. The number of ether oxygens (including phenoxy) is 2. The molecule has 1 atom stereocenters. The molecule has 1 unspecified atom stereocenters. The zero-order chi connectivity index (χ0) is 24.7. The van der Waals surface area contributed by atoms with Crippen molar-refractivity contribution in [3.8, 4) is 5.75 Å². The first-order valence-corrected chi connectivity index (χ1v) is 10.9. The molecule has 1 aliphatic heterocycles. The highest BCUT2D eigenvalue weighted by Crippen LogP contribution is 2.18. The van der Waals surface area contributed by atoms with Gasteiger partial charge < -0.3 is 19.6 Å². The van der Waals surface area contributed by atoms with Gasteiger partial charge in [0.25, 0.3) is 11.8 Å². The minimum atomic E-state index is -1.19. The predicted molar refractivity (Wildman–Crippen MR) is 121 cm³/mol. The third-order valence-corrected chi connectivity index (χ3v) is 4.77. The Hall–Kier alpha value is -3.88. The molecule has 0 saturated carbocycles. The summed E-state index contributed by atoms with van der Waals surface area (Å²) in [5.41, 5.74) is 0.947. The fraction of sp³-hybridized carbons (Fsp3) is 0.360. The lowest BCUT2D eigenvalue weighted by Crippen LogP contribution is -2.48. The summed E-state index contributed by atoms with van der Waals surface area (Å²) in [4.78, 5) is 53.7. The van der Waals surface area contributed by atoms with Crippen molar-refractivity contribution in [3.05, 3.63) is 65.7 Å². The summed E-state index contributed by atoms with van der Waals surface area (Å²) in [6, 6.07) is 15.5. The zero-order valence-electron chi connectivity index (χ0n) is 19.4. The van der Waals surface area contributed by atoms with Gasteiger partial charge in [0.05, 0.1) is 0 Å². The van der Waals surface area contributed by atoms with Gasteiger partial charge in [0.2, 0.25) is 0 Å². The topological polar surface area (TPSA) is 111 Å². The first kappa shape index (κ1) is 24.8. The van der Waals surface area contributed by atoms with Gasteiger partial charge in [0.1, 0.15) is 24.0 Å². The van der Waals surface area contributed by atoms with E-state index in [-0.39, 0.29) is 19.3 Å². The Bertz CT molecular complexity index is 1010. The van der Waals surface area contributed by atoms with Crippen LogP contribution in [0.2, 0.25) is 0 Å². The fourth-order valence-electron chi connectivity index (χ4n) is 3.15. The van der Waals surface area contributed by atoms with E-state index in [9.17, 15) is 19.2 Å². The number of hydroxylamine groups is 2. The minimum Gasteiger partial charge on any atom is -0.489 e. The third-order valence-electron chi connectivity index (χ3n) is 4.77. The van der Waals surface area contributed by atoms with Gasteiger partial charge >= 0.3 is 12.1 Å². The molecule has 3 amide bonds. The van der Waals surface area contributed by atoms with Gasteiger partial charge in [-0.3, -0.25) is 9.59 Å². The van der Waals surface area contributed by atoms with E-state index in [1.54, 1.807) is 45.0 Å². The predicted octanol–water partition coefficient (Wildman–Crippen LogP) is 3.31. The number of carbonyl (C=O) groups is 4. The molecule has 0 radical (unpaired) electrons. The van der Waals surface area contributed by atoms with Gasteiger partial charge in [-0.05, 0) is 44.0 Å². The fourth-order valence-corrected chi connectivity index (χ4v) is 3.15. The number of nitrogens with zero attached hydrogens (tertiary/aromatic N) is 1. The third kappa shape index (κ3) is 7.33. The van der Waals surface area contributed by atoms with Crippen LogP contribution in [-0.4, -0.2) is 40.6 Å². The van der Waals surface area contributed by atoms with Crippen molar-refractivity contribution in [3.63, 3.8) is 0 Å². The summed E-state index contributed by atoms with van der Waals surface area (Å²) < 4.78 is 11.0. The van der Waals surface area contributed by atoms with Crippen LogP contribution in [-0.2, 0) is 37.0 Å². The lowest BCUT2D eigenvalue weighted by molar-refractivity contribution is -0.198. The van der Waals surface area contributed by atoms with Gasteiger partial charge in [-0.2, -0.15) is 0 Å². The van der Waals surface area contributed by atoms with Crippen LogP contribution in [0.1, 0.15) is 44.7 Å². The highest BCUT2D eigenvalue weighted by atomic mass is 16.7. The number of rotatable bonds is 8. The van der Waals surface area contributed by atoms with Gasteiger partial charge in [0, 0.05) is 19.3 Å². The second-order valence-electron chi connectivity index (χ2n) is 8.81. The highest BCUT2D eigenvalue weighted by Gasteiger charge is 2.36. The Labute approximate surface area is 197 Å². The van der Waals surface area contributed by atoms with Crippen LogP contribution in [0.3, 0.4) is 0 Å². The molecule has 9 heteroatoms. The first-order chi connectivity index (χ1) is 16.1. The van der Waals surface area contributed by atoms with E-state index in [4.69, 9.17) is 14.3 Å². The molecule has 1 saturated heterocycles. The maximum absolute atomic E-state index is 12.8. The van der Waals surface area contributed by atoms with E-state index in [0.29, 0.717) is 23.0 Å². The Kier molecular flexibility index (Phi) is 7.88. The molecule has 0 aliphatic carbocycles. The van der Waals surface area contributed by atoms with Gasteiger partial charge in [-0.15, -0.1) is 5.06 Å². The standard InChI is InChI=1S/C25H28N2O7/c1-25(2,3)33-24(31)26-20(23(30)34-27-21(28)13-14-22(27)29)15-17-9-11-19(12-10-17)32-16-18-7-5-4-6-8-18/h4-12,20H,13-16H2,1-3H3,(H,26,31). The van der Waals surface area contributed by atoms with Crippen LogP contribution in [0.15, 0.2) is 54.6 Å². The Morgan fingerprint density at radius 2 is 1.56 bits per heavy atom. The number of alkyl carbamates (subject to hydrolysis) is 1. The average molecular weight is 469 g/mol. The number of benzene rings is 2. The molecule has 180 valence electrons. The van der Waals surface area contributed by atoms with Crippen LogP contribution in [0, 0.1) is 0 Å². The normalized spacial score (nSPS) is 14.5. The number of hydrogen-bond donors (Lipinski definition) is 1. The molecule has 9 nitrogen and oxygen atoms in total. The summed E-state index contributed by atoms with van der Waals surface area (Å²) in [6.45, 7) is 5.48. The molecule has 1 N–H and O–H groups in total. The van der Waals surface area contributed by atoms with E-state index in [1.807, 2.05) is 30.3 Å². The van der Waals surface area contributed by atoms with Crippen molar-refractivity contribution in [1.82, 2.24) is 10.4 Å². The van der Waals surface area contributed by atoms with Crippen LogP contribution in [0.4, 0.5) is 4.79 Å². The number of amides is 3. The molecule has 3 rings (SSSR count). The average Bonchev–Trinajstić information content (AvgIpc) is 3.09. The Morgan fingerprint density at radius 1 is 0.941 bits per heavy atom. The lowest BCUT2D eigenvalue weighted by atomic mass is 10.1. The Balaban J connectivity index is 1.67. The minimum absolute atomic E-state index is 0.0271. The van der Waals surface area contributed by atoms with Crippen LogP contribution < -0.4 is 10.1 Å². The molecule has 2 aromatic rings. The van der Waals surface area contributed by atoms with E-state index >= 15 is 0 Å². The van der Waals surface area contributed by atoms with Crippen molar-refractivity contribution in [2.24, 2.45) is 0 Å². The second-order valence-corrected chi connectivity index (χ2v) is 8.81. The van der Waals surface area contributed by atoms with E-state index in [1.165, 1.54) is 0 Å². The summed E-state index contributed by atoms with van der Waals surface area (Å²) >= 11 is 0. The molecule has 1 heterocycles. The van der Waals surface area contributed by atoms with Crippen molar-refractivity contribution in [1.29, 1.82) is 0 Å². The van der Waals surface area contributed by atoms with Crippen molar-refractivity contribution in [2.75, 3.05) is 0 Å². The molecule has 0 bridgehead atoms. The molecular formula is C25H28N2O7. The maximum atomic E-state index is 12.8. The summed E-state index contributed by atoms with van der Waals surface area (Å²) in [7, 11) is 0. The molecule has 1 aliphatic rings. The van der Waals surface area contributed by atoms with Crippen molar-refractivity contribution in [2.45, 2.75) is 58.3 Å². The number of imide groups is 1. The first-order valence-electron chi connectivity index (χ1n) is 10.9. The van der Waals surface area contributed by atoms with Crippen molar-refractivity contribution < 1.29 is 33.5 Å². The van der Waals surface area contributed by atoms with E-state index < -0.39 is 35.5 Å². The molecule has 34 heavy (non-hydrogen) atoms. The Morgan fingerprint density at radius 3 is 2.15 bits per heavy atom. The summed E-state index contributed by atoms with van der Waals surface area (Å²) in [5, 5.41) is 2.92. The molecule has 2 aromatic carbocycles. The van der Waals surface area contributed by atoms with Gasteiger partial charge in [-0.25, -0.2) is 9.59 Å². The largest absolute Gasteiger partial charge is 0.489 e. The summed E-state index contributed by atoms with van der Waals surface area (Å²) in [5.74, 6) is -1.51. The number of nitrogens with one attached hydrogen (secondary N) is 1. The van der Waals surface area contributed by atoms with Crippen LogP contribution in [0.25, 0.3) is 0 Å². The van der Waals surface area contributed by atoms with E-state index in [0.717, 1.165) is 5.56 Å². The highest BCUT2D eigenvalue weighted by molar-refractivity contribution is 6.01. The van der Waals surface area contributed by atoms with Gasteiger partial charge in [-0.1, -0.05) is 42.5 Å². The number of hydrogen-bond acceptors (Lipinski definition) is 7.